The lowest BCUT2D eigenvalue weighted by molar-refractivity contribution is -0.150. The Hall–Kier alpha value is -4.74. The number of fused-ring (bicyclic) bond motifs is 1. The standard InChI is InChI=1S/C37H40N4O6S/c1-6-22(2)30-21-29(23(3)46-24(4)42)34(47-30)41-32-31(48-36(41)44)33(43)39-35(38-32)40-37(25-13-9-7-10-14-25,26-15-11-8-12-16-26)27-17-19-28(45-5)20-18-27/h7-20,22-23,29-30,34H,6,21H2,1-5H3,(H2,38,39,40,43)/t22-,23+,29-,30-,34+/m0/s1. The zero-order valence-electron chi connectivity index (χ0n) is 27.6. The van der Waals surface area contributed by atoms with Gasteiger partial charge in [-0.1, -0.05) is 104 Å². The maximum absolute atomic E-state index is 13.7. The first-order chi connectivity index (χ1) is 23.2. The molecule has 1 saturated heterocycles. The predicted octanol–water partition coefficient (Wildman–Crippen LogP) is 6.46. The van der Waals surface area contributed by atoms with Crippen molar-refractivity contribution >= 4 is 33.6 Å². The summed E-state index contributed by atoms with van der Waals surface area (Å²) in [4.78, 5) is 46.9. The van der Waals surface area contributed by atoms with Gasteiger partial charge in [0.2, 0.25) is 5.95 Å². The fourth-order valence-corrected chi connectivity index (χ4v) is 7.54. The van der Waals surface area contributed by atoms with E-state index in [1.807, 2.05) is 91.9 Å². The number of carbonyl (C=O) groups excluding carboxylic acids is 1. The van der Waals surface area contributed by atoms with E-state index in [0.29, 0.717) is 12.2 Å². The molecule has 11 heteroatoms. The molecule has 0 saturated carbocycles. The molecule has 5 atom stereocenters. The Kier molecular flexibility index (Phi) is 9.52. The maximum atomic E-state index is 13.7. The number of esters is 1. The average Bonchev–Trinajstić information content (AvgIpc) is 3.68. The first kappa shape index (κ1) is 33.2. The minimum Gasteiger partial charge on any atom is -0.497 e. The first-order valence-corrected chi connectivity index (χ1v) is 17.0. The van der Waals surface area contributed by atoms with Gasteiger partial charge in [-0.25, -0.2) is 0 Å². The van der Waals surface area contributed by atoms with Gasteiger partial charge in [-0.2, -0.15) is 4.98 Å². The van der Waals surface area contributed by atoms with E-state index in [2.05, 4.69) is 24.1 Å². The Morgan fingerprint density at radius 3 is 2.19 bits per heavy atom. The number of methoxy groups -OCH3 is 1. The highest BCUT2D eigenvalue weighted by atomic mass is 32.1. The molecule has 3 aromatic carbocycles. The lowest BCUT2D eigenvalue weighted by Gasteiger charge is -2.37. The number of hydrogen-bond donors (Lipinski definition) is 2. The van der Waals surface area contributed by atoms with Crippen molar-refractivity contribution in [1.82, 2.24) is 14.5 Å². The van der Waals surface area contributed by atoms with Crippen LogP contribution in [0.1, 0.15) is 63.5 Å². The highest BCUT2D eigenvalue weighted by molar-refractivity contribution is 7.16. The molecule has 48 heavy (non-hydrogen) atoms. The van der Waals surface area contributed by atoms with Crippen LogP contribution in [0.4, 0.5) is 5.95 Å². The topological polar surface area (TPSA) is 125 Å². The van der Waals surface area contributed by atoms with E-state index in [1.165, 1.54) is 11.5 Å². The molecule has 10 nitrogen and oxygen atoms in total. The number of nitrogens with one attached hydrogen (secondary N) is 2. The van der Waals surface area contributed by atoms with Gasteiger partial charge < -0.3 is 19.5 Å². The summed E-state index contributed by atoms with van der Waals surface area (Å²) in [5, 5.41) is 3.61. The molecule has 1 fully saturated rings. The van der Waals surface area contributed by atoms with Crippen LogP contribution < -0.4 is 20.5 Å². The van der Waals surface area contributed by atoms with Crippen LogP contribution in [0.5, 0.6) is 5.75 Å². The van der Waals surface area contributed by atoms with Crippen LogP contribution in [0, 0.1) is 11.8 Å². The smallest absolute Gasteiger partial charge is 0.311 e. The van der Waals surface area contributed by atoms with E-state index in [-0.39, 0.29) is 39.1 Å². The molecular formula is C37H40N4O6S. The molecule has 0 spiro atoms. The molecule has 6 rings (SSSR count). The van der Waals surface area contributed by atoms with Crippen molar-refractivity contribution in [3.05, 3.63) is 122 Å². The van der Waals surface area contributed by atoms with E-state index in [4.69, 9.17) is 19.2 Å². The second kappa shape index (κ2) is 13.8. The molecule has 2 N–H and O–H groups in total. The summed E-state index contributed by atoms with van der Waals surface area (Å²) in [6.07, 6.45) is -0.0000164. The second-order valence-electron chi connectivity index (χ2n) is 12.3. The predicted molar refractivity (Wildman–Crippen MR) is 187 cm³/mol. The van der Waals surface area contributed by atoms with Crippen LogP contribution in [-0.4, -0.2) is 39.8 Å². The van der Waals surface area contributed by atoms with Gasteiger partial charge in [-0.05, 0) is 48.1 Å². The number of benzene rings is 3. The molecule has 250 valence electrons. The first-order valence-electron chi connectivity index (χ1n) is 16.2. The number of ether oxygens (including phenoxy) is 3. The molecule has 0 unspecified atom stereocenters. The fourth-order valence-electron chi connectivity index (χ4n) is 6.70. The zero-order chi connectivity index (χ0) is 34.0. The van der Waals surface area contributed by atoms with Gasteiger partial charge in [0.1, 0.15) is 28.3 Å². The van der Waals surface area contributed by atoms with Crippen LogP contribution in [0.15, 0.2) is 94.5 Å². The van der Waals surface area contributed by atoms with Gasteiger partial charge in [0.05, 0.1) is 13.2 Å². The summed E-state index contributed by atoms with van der Waals surface area (Å²) in [7, 11) is 1.62. The monoisotopic (exact) mass is 668 g/mol. The van der Waals surface area contributed by atoms with E-state index >= 15 is 0 Å². The molecule has 3 heterocycles. The van der Waals surface area contributed by atoms with Gasteiger partial charge >= 0.3 is 10.8 Å². The third kappa shape index (κ3) is 6.15. The van der Waals surface area contributed by atoms with Gasteiger partial charge in [0, 0.05) is 12.8 Å². The Morgan fingerprint density at radius 1 is 1.02 bits per heavy atom. The second-order valence-corrected chi connectivity index (χ2v) is 13.3. The Balaban J connectivity index is 1.54. The third-order valence-corrected chi connectivity index (χ3v) is 10.3. The Bertz CT molecular complexity index is 1950. The number of rotatable bonds is 11. The number of aromatic amines is 1. The van der Waals surface area contributed by atoms with Crippen molar-refractivity contribution in [3.63, 3.8) is 0 Å². The van der Waals surface area contributed by atoms with Crippen LogP contribution >= 0.6 is 11.3 Å². The molecule has 1 aliphatic rings. The lowest BCUT2D eigenvalue weighted by atomic mass is 9.77. The maximum Gasteiger partial charge on any atom is 0.311 e. The van der Waals surface area contributed by atoms with Crippen molar-refractivity contribution < 1.29 is 19.0 Å². The molecular weight excluding hydrogens is 628 g/mol. The normalized spacial score (nSPS) is 19.1. The number of thiazole rings is 1. The van der Waals surface area contributed by atoms with E-state index < -0.39 is 29.4 Å². The summed E-state index contributed by atoms with van der Waals surface area (Å²) in [6.45, 7) is 7.38. The van der Waals surface area contributed by atoms with Crippen LogP contribution in [0.2, 0.25) is 0 Å². The number of carbonyl (C=O) groups is 1. The van der Waals surface area contributed by atoms with E-state index in [1.54, 1.807) is 7.11 Å². The Morgan fingerprint density at radius 2 is 1.62 bits per heavy atom. The summed E-state index contributed by atoms with van der Waals surface area (Å²) in [5.74, 6) is 0.344. The minimum atomic E-state index is -1.02. The van der Waals surface area contributed by atoms with Crippen molar-refractivity contribution in [2.24, 2.45) is 11.8 Å². The van der Waals surface area contributed by atoms with Crippen LogP contribution in [-0.2, 0) is 19.8 Å². The van der Waals surface area contributed by atoms with Gasteiger partial charge in [-0.3, -0.25) is 23.9 Å². The van der Waals surface area contributed by atoms with Crippen molar-refractivity contribution in [2.45, 2.75) is 64.5 Å². The summed E-state index contributed by atoms with van der Waals surface area (Å²) >= 11 is 0.827. The van der Waals surface area contributed by atoms with Crippen LogP contribution in [0.25, 0.3) is 10.3 Å². The molecule has 0 aliphatic carbocycles. The average molecular weight is 669 g/mol. The van der Waals surface area contributed by atoms with Gasteiger partial charge in [-0.15, -0.1) is 0 Å². The largest absolute Gasteiger partial charge is 0.497 e. The highest BCUT2D eigenvalue weighted by Gasteiger charge is 2.44. The zero-order valence-corrected chi connectivity index (χ0v) is 28.5. The summed E-state index contributed by atoms with van der Waals surface area (Å²) < 4.78 is 19.3. The van der Waals surface area contributed by atoms with Gasteiger partial charge in [0.25, 0.3) is 5.56 Å². The minimum absolute atomic E-state index is 0.164. The quantitative estimate of drug-likeness (QED) is 0.121. The summed E-state index contributed by atoms with van der Waals surface area (Å²) in [6, 6.07) is 27.6. The third-order valence-electron chi connectivity index (χ3n) is 9.39. The molecule has 2 aromatic heterocycles. The molecule has 0 radical (unpaired) electrons. The number of H-pyrrole nitrogens is 1. The van der Waals surface area contributed by atoms with Crippen LogP contribution in [0.3, 0.4) is 0 Å². The number of hydrogen-bond acceptors (Lipinski definition) is 9. The Labute approximate surface area is 282 Å². The summed E-state index contributed by atoms with van der Waals surface area (Å²) in [5.41, 5.74) is 1.41. The van der Waals surface area contributed by atoms with Gasteiger partial charge in [0.15, 0.2) is 5.65 Å². The van der Waals surface area contributed by atoms with Crippen molar-refractivity contribution in [3.8, 4) is 5.75 Å². The van der Waals surface area contributed by atoms with Crippen molar-refractivity contribution in [2.75, 3.05) is 12.4 Å². The number of aromatic nitrogens is 3. The fraction of sp³-hybridized carbons (Fsp3) is 0.351. The SMILES string of the molecule is CC[C@H](C)[C@@H]1C[C@@H]([C@@H](C)OC(C)=O)[C@H](n2c(=O)sc3c(=O)[nH]c(NC(c4ccccc4)(c4ccccc4)c4ccc(OC)cc4)nc32)O1. The molecule has 0 amide bonds. The van der Waals surface area contributed by atoms with E-state index in [9.17, 15) is 14.4 Å². The van der Waals surface area contributed by atoms with E-state index in [0.717, 1.165) is 34.4 Å². The molecule has 5 aromatic rings. The highest BCUT2D eigenvalue weighted by Crippen LogP contribution is 2.43. The molecule has 0 bridgehead atoms. The number of nitrogens with zero attached hydrogens (tertiary/aromatic N) is 2. The lowest BCUT2D eigenvalue weighted by Crippen LogP contribution is -2.39. The molecule has 1 aliphatic heterocycles. The number of anilines is 1. The van der Waals surface area contributed by atoms with Crippen molar-refractivity contribution in [1.29, 1.82) is 0 Å².